The van der Waals surface area contributed by atoms with Crippen molar-refractivity contribution in [2.75, 3.05) is 11.9 Å². The van der Waals surface area contributed by atoms with Crippen LogP contribution in [0.3, 0.4) is 0 Å². The fourth-order valence-corrected chi connectivity index (χ4v) is 3.64. The molecule has 192 valence electrons. The van der Waals surface area contributed by atoms with E-state index in [4.69, 9.17) is 4.74 Å². The Bertz CT molecular complexity index is 1340. The molecule has 0 spiro atoms. The summed E-state index contributed by atoms with van der Waals surface area (Å²) >= 11 is 0. The van der Waals surface area contributed by atoms with Crippen molar-refractivity contribution in [2.24, 2.45) is 0 Å². The van der Waals surface area contributed by atoms with Crippen molar-refractivity contribution in [1.29, 1.82) is 0 Å². The molecule has 3 aromatic rings. The lowest BCUT2D eigenvalue weighted by atomic mass is 9.96. The average Bonchev–Trinajstić information content (AvgIpc) is 2.84. The molecule has 0 saturated carbocycles. The predicted octanol–water partition coefficient (Wildman–Crippen LogP) is 7.26. The molecule has 3 aromatic carbocycles. The second-order valence-corrected chi connectivity index (χ2v) is 8.31. The topological polar surface area (TPSA) is 75.6 Å². The van der Waals surface area contributed by atoms with E-state index < -0.39 is 17.9 Å². The van der Waals surface area contributed by atoms with Crippen LogP contribution in [0.1, 0.15) is 40.4 Å². The number of allylic oxidation sites excluding steroid dienone is 2. The SMILES string of the molecule is CCCOc1c(/C=C/C=C(F)F)cc(-c2cc(F)ccc2C(=O)O)cc1NC(=O)Cc1ccc(C)cc1. The van der Waals surface area contributed by atoms with Gasteiger partial charge in [0.2, 0.25) is 5.91 Å². The van der Waals surface area contributed by atoms with Crippen LogP contribution in [0.25, 0.3) is 17.2 Å². The molecule has 0 bridgehead atoms. The van der Waals surface area contributed by atoms with Gasteiger partial charge < -0.3 is 15.2 Å². The van der Waals surface area contributed by atoms with Crippen LogP contribution in [0.15, 0.2) is 72.8 Å². The van der Waals surface area contributed by atoms with E-state index in [0.29, 0.717) is 18.1 Å². The predicted molar refractivity (Wildman–Crippen MR) is 137 cm³/mol. The first-order valence-corrected chi connectivity index (χ1v) is 11.6. The number of aryl methyl sites for hydroxylation is 1. The van der Waals surface area contributed by atoms with Crippen molar-refractivity contribution in [3.63, 3.8) is 0 Å². The summed E-state index contributed by atoms with van der Waals surface area (Å²) < 4.78 is 45.3. The van der Waals surface area contributed by atoms with Crippen molar-refractivity contribution in [1.82, 2.24) is 0 Å². The number of amides is 1. The molecule has 5 nitrogen and oxygen atoms in total. The van der Waals surface area contributed by atoms with E-state index in [-0.39, 0.29) is 47.1 Å². The molecule has 0 radical (unpaired) electrons. The fourth-order valence-electron chi connectivity index (χ4n) is 3.64. The van der Waals surface area contributed by atoms with Crippen LogP contribution in [0.4, 0.5) is 18.9 Å². The Balaban J connectivity index is 2.15. The molecule has 0 aliphatic heterocycles. The van der Waals surface area contributed by atoms with Gasteiger partial charge in [0.25, 0.3) is 6.08 Å². The number of hydrogen-bond acceptors (Lipinski definition) is 3. The molecule has 0 aromatic heterocycles. The van der Waals surface area contributed by atoms with Crippen LogP contribution >= 0.6 is 0 Å². The second-order valence-electron chi connectivity index (χ2n) is 8.31. The number of rotatable bonds is 10. The lowest BCUT2D eigenvalue weighted by Crippen LogP contribution is -2.16. The number of anilines is 1. The highest BCUT2D eigenvalue weighted by Gasteiger charge is 2.19. The number of halogens is 3. The molecule has 2 N–H and O–H groups in total. The zero-order valence-corrected chi connectivity index (χ0v) is 20.4. The van der Waals surface area contributed by atoms with Gasteiger partial charge in [-0.3, -0.25) is 4.79 Å². The van der Waals surface area contributed by atoms with Crippen LogP contribution in [-0.2, 0) is 11.2 Å². The molecule has 0 aliphatic carbocycles. The summed E-state index contributed by atoms with van der Waals surface area (Å²) in [6, 6.07) is 13.7. The van der Waals surface area contributed by atoms with Crippen LogP contribution in [-0.4, -0.2) is 23.6 Å². The van der Waals surface area contributed by atoms with Gasteiger partial charge in [-0.05, 0) is 60.4 Å². The molecule has 0 heterocycles. The van der Waals surface area contributed by atoms with Crippen LogP contribution in [0.2, 0.25) is 0 Å². The Hall–Kier alpha value is -4.33. The van der Waals surface area contributed by atoms with E-state index in [1.54, 1.807) is 0 Å². The summed E-state index contributed by atoms with van der Waals surface area (Å²) in [5.41, 5.74) is 2.48. The number of carbonyl (C=O) groups excluding carboxylic acids is 1. The molecule has 0 fully saturated rings. The second kappa shape index (κ2) is 12.6. The zero-order valence-electron chi connectivity index (χ0n) is 20.4. The van der Waals surface area contributed by atoms with Crippen LogP contribution < -0.4 is 10.1 Å². The van der Waals surface area contributed by atoms with Crippen molar-refractivity contribution >= 4 is 23.6 Å². The van der Waals surface area contributed by atoms with Gasteiger partial charge in [-0.1, -0.05) is 48.9 Å². The van der Waals surface area contributed by atoms with Gasteiger partial charge >= 0.3 is 5.97 Å². The molecular formula is C29H26F3NO4. The van der Waals surface area contributed by atoms with E-state index in [1.165, 1.54) is 18.2 Å². The van der Waals surface area contributed by atoms with Crippen molar-refractivity contribution in [3.05, 3.63) is 101 Å². The lowest BCUT2D eigenvalue weighted by Gasteiger charge is -2.18. The maximum atomic E-state index is 14.1. The van der Waals surface area contributed by atoms with Crippen LogP contribution in [0.5, 0.6) is 5.75 Å². The number of aromatic carboxylic acids is 1. The molecule has 1 amide bonds. The van der Waals surface area contributed by atoms with Gasteiger partial charge in [-0.25, -0.2) is 9.18 Å². The highest BCUT2D eigenvalue weighted by Crippen LogP contribution is 2.37. The van der Waals surface area contributed by atoms with Gasteiger partial charge in [0.1, 0.15) is 11.6 Å². The molecule has 8 heteroatoms. The normalized spacial score (nSPS) is 10.8. The number of ether oxygens (including phenoxy) is 1. The number of nitrogens with one attached hydrogen (secondary N) is 1. The first-order chi connectivity index (χ1) is 17.7. The number of hydrogen-bond donors (Lipinski definition) is 2. The summed E-state index contributed by atoms with van der Waals surface area (Å²) in [5.74, 6) is -2.08. The third-order valence-electron chi connectivity index (χ3n) is 5.35. The molecular weight excluding hydrogens is 483 g/mol. The Kier molecular flexibility index (Phi) is 9.27. The van der Waals surface area contributed by atoms with E-state index in [9.17, 15) is 27.9 Å². The minimum atomic E-state index is -1.91. The van der Waals surface area contributed by atoms with E-state index in [1.807, 2.05) is 38.1 Å². The lowest BCUT2D eigenvalue weighted by molar-refractivity contribution is -0.115. The summed E-state index contributed by atoms with van der Waals surface area (Å²) in [6.07, 6.45) is 1.83. The summed E-state index contributed by atoms with van der Waals surface area (Å²) in [5, 5.41) is 12.4. The monoisotopic (exact) mass is 509 g/mol. The third-order valence-corrected chi connectivity index (χ3v) is 5.35. The molecule has 37 heavy (non-hydrogen) atoms. The van der Waals surface area contributed by atoms with Gasteiger partial charge in [-0.2, -0.15) is 8.78 Å². The highest BCUT2D eigenvalue weighted by atomic mass is 19.3. The Morgan fingerprint density at radius 2 is 1.78 bits per heavy atom. The molecule has 0 atom stereocenters. The number of benzene rings is 3. The van der Waals surface area contributed by atoms with E-state index in [2.05, 4.69) is 5.32 Å². The number of carbonyl (C=O) groups is 2. The minimum absolute atomic E-state index is 0.0546. The Morgan fingerprint density at radius 1 is 1.05 bits per heavy atom. The van der Waals surface area contributed by atoms with Crippen molar-refractivity contribution < 1.29 is 32.6 Å². The zero-order chi connectivity index (χ0) is 26.9. The maximum Gasteiger partial charge on any atom is 0.336 e. The number of carboxylic acids is 1. The Morgan fingerprint density at radius 3 is 2.43 bits per heavy atom. The fraction of sp³-hybridized carbons (Fsp3) is 0.172. The summed E-state index contributed by atoms with van der Waals surface area (Å²) in [7, 11) is 0. The third kappa shape index (κ3) is 7.57. The Labute approximate surface area is 212 Å². The van der Waals surface area contributed by atoms with Crippen LogP contribution in [0, 0.1) is 12.7 Å². The molecule has 0 aliphatic rings. The summed E-state index contributed by atoms with van der Waals surface area (Å²) in [4.78, 5) is 24.8. The van der Waals surface area contributed by atoms with Gasteiger partial charge in [0.05, 0.1) is 24.3 Å². The van der Waals surface area contributed by atoms with E-state index in [0.717, 1.165) is 35.4 Å². The maximum absolute atomic E-state index is 14.1. The standard InChI is InChI=1S/C29H26F3NO4/c1-3-13-37-28-20(5-4-6-26(31)32)15-21(24-17-22(30)11-12-23(24)29(35)36)16-25(28)33-27(34)14-19-9-7-18(2)8-10-19/h4-12,15-17H,3,13-14H2,1-2H3,(H,33,34)(H,35,36)/b5-4+. The molecule has 0 unspecified atom stereocenters. The van der Waals surface area contributed by atoms with E-state index >= 15 is 0 Å². The smallest absolute Gasteiger partial charge is 0.336 e. The van der Waals surface area contributed by atoms with Gasteiger partial charge in [0.15, 0.2) is 0 Å². The molecule has 0 saturated heterocycles. The highest BCUT2D eigenvalue weighted by molar-refractivity contribution is 5.99. The van der Waals surface area contributed by atoms with Gasteiger partial charge in [-0.15, -0.1) is 0 Å². The first-order valence-electron chi connectivity index (χ1n) is 11.6. The van der Waals surface area contributed by atoms with Gasteiger partial charge in [0, 0.05) is 11.6 Å². The quantitative estimate of drug-likeness (QED) is 0.282. The number of carboxylic acid groups (broad SMARTS) is 1. The van der Waals surface area contributed by atoms with Crippen molar-refractivity contribution in [3.8, 4) is 16.9 Å². The largest absolute Gasteiger partial charge is 0.491 e. The summed E-state index contributed by atoms with van der Waals surface area (Å²) in [6.45, 7) is 4.09. The molecule has 3 rings (SSSR count). The average molecular weight is 510 g/mol. The van der Waals surface area contributed by atoms with Crippen molar-refractivity contribution in [2.45, 2.75) is 26.7 Å². The minimum Gasteiger partial charge on any atom is -0.491 e. The first kappa shape index (κ1) is 27.3.